The molecule has 0 saturated carbocycles. The summed E-state index contributed by atoms with van der Waals surface area (Å²) in [7, 11) is 1.83. The Morgan fingerprint density at radius 1 is 1.08 bits per heavy atom. The lowest BCUT2D eigenvalue weighted by atomic mass is 10.2. The Kier molecular flexibility index (Phi) is 7.39. The van der Waals surface area contributed by atoms with Gasteiger partial charge in [0.1, 0.15) is 12.4 Å². The lowest BCUT2D eigenvalue weighted by Crippen LogP contribution is -2.45. The van der Waals surface area contributed by atoms with E-state index in [1.807, 2.05) is 42.3 Å². The number of carbonyl (C=O) groups excluding carboxylic acids is 2. The van der Waals surface area contributed by atoms with Crippen LogP contribution in [0.4, 0.5) is 0 Å². The number of rotatable bonds is 8. The molecule has 0 radical (unpaired) electrons. The maximum absolute atomic E-state index is 12.0. The van der Waals surface area contributed by atoms with Crippen LogP contribution in [-0.4, -0.2) is 36.9 Å². The molecule has 6 nitrogen and oxygen atoms in total. The van der Waals surface area contributed by atoms with Crippen LogP contribution in [0.15, 0.2) is 67.3 Å². The fourth-order valence-corrected chi connectivity index (χ4v) is 2.29. The van der Waals surface area contributed by atoms with E-state index in [1.54, 1.807) is 30.3 Å². The van der Waals surface area contributed by atoms with E-state index >= 15 is 0 Å². The molecule has 0 atom stereocenters. The third-order valence-electron chi connectivity index (χ3n) is 3.51. The summed E-state index contributed by atoms with van der Waals surface area (Å²) in [5.41, 5.74) is 6.37. The van der Waals surface area contributed by atoms with E-state index in [2.05, 4.69) is 17.4 Å². The summed E-state index contributed by atoms with van der Waals surface area (Å²) in [5.74, 6) is 0.136. The molecule has 0 aliphatic carbocycles. The zero-order chi connectivity index (χ0) is 18.8. The highest BCUT2D eigenvalue weighted by molar-refractivity contribution is 5.95. The number of nitrogens with one attached hydrogen (secondary N) is 2. The Morgan fingerprint density at radius 3 is 2.42 bits per heavy atom. The van der Waals surface area contributed by atoms with Gasteiger partial charge in [-0.15, -0.1) is 0 Å². The van der Waals surface area contributed by atoms with E-state index in [1.165, 1.54) is 0 Å². The second-order valence-corrected chi connectivity index (χ2v) is 5.78. The number of hydrogen-bond acceptors (Lipinski definition) is 4. The average Bonchev–Trinajstić information content (AvgIpc) is 2.66. The van der Waals surface area contributed by atoms with Crippen LogP contribution in [0.5, 0.6) is 5.75 Å². The van der Waals surface area contributed by atoms with Gasteiger partial charge >= 0.3 is 0 Å². The third kappa shape index (κ3) is 6.41. The SMILES string of the molecule is C=CCOc1ccc(CN(C)CC(=O)NNC(=O)c2ccccc2)cc1. The van der Waals surface area contributed by atoms with Crippen LogP contribution >= 0.6 is 0 Å². The van der Waals surface area contributed by atoms with Gasteiger partial charge < -0.3 is 4.74 Å². The number of ether oxygens (including phenoxy) is 1. The zero-order valence-corrected chi connectivity index (χ0v) is 14.8. The molecule has 0 aliphatic heterocycles. The maximum atomic E-state index is 12.0. The summed E-state index contributed by atoms with van der Waals surface area (Å²) >= 11 is 0. The van der Waals surface area contributed by atoms with Crippen molar-refractivity contribution in [3.05, 3.63) is 78.4 Å². The van der Waals surface area contributed by atoms with Gasteiger partial charge in [0.25, 0.3) is 11.8 Å². The molecule has 0 aliphatic rings. The van der Waals surface area contributed by atoms with Gasteiger partial charge in [-0.1, -0.05) is 43.0 Å². The largest absolute Gasteiger partial charge is 0.490 e. The summed E-state index contributed by atoms with van der Waals surface area (Å²) < 4.78 is 5.43. The molecular weight excluding hydrogens is 330 g/mol. The highest BCUT2D eigenvalue weighted by Crippen LogP contribution is 2.13. The van der Waals surface area contributed by atoms with Crippen molar-refractivity contribution in [2.45, 2.75) is 6.54 Å². The molecule has 0 aromatic heterocycles. The first kappa shape index (κ1) is 19.2. The lowest BCUT2D eigenvalue weighted by Gasteiger charge is -2.17. The molecule has 2 aromatic carbocycles. The second kappa shape index (κ2) is 10.0. The number of amides is 2. The van der Waals surface area contributed by atoms with Gasteiger partial charge in [-0.2, -0.15) is 0 Å². The van der Waals surface area contributed by atoms with Gasteiger partial charge in [0.15, 0.2) is 0 Å². The van der Waals surface area contributed by atoms with E-state index in [-0.39, 0.29) is 18.4 Å². The quantitative estimate of drug-likeness (QED) is 0.563. The van der Waals surface area contributed by atoms with Crippen LogP contribution in [0, 0.1) is 0 Å². The first-order valence-corrected chi connectivity index (χ1v) is 8.24. The fraction of sp³-hybridized carbons (Fsp3) is 0.200. The van der Waals surface area contributed by atoms with Crippen LogP contribution in [0.2, 0.25) is 0 Å². The molecule has 0 spiro atoms. The topological polar surface area (TPSA) is 70.7 Å². The molecule has 2 N–H and O–H groups in total. The van der Waals surface area contributed by atoms with Gasteiger partial charge in [-0.05, 0) is 36.9 Å². The molecule has 6 heteroatoms. The molecule has 0 fully saturated rings. The third-order valence-corrected chi connectivity index (χ3v) is 3.51. The summed E-state index contributed by atoms with van der Waals surface area (Å²) in [4.78, 5) is 25.7. The predicted molar refractivity (Wildman–Crippen MR) is 101 cm³/mol. The Balaban J connectivity index is 1.74. The van der Waals surface area contributed by atoms with Crippen molar-refractivity contribution in [1.29, 1.82) is 0 Å². The molecule has 2 rings (SSSR count). The number of hydrazine groups is 1. The average molecular weight is 353 g/mol. The van der Waals surface area contributed by atoms with E-state index in [0.29, 0.717) is 18.7 Å². The van der Waals surface area contributed by atoms with E-state index in [9.17, 15) is 9.59 Å². The van der Waals surface area contributed by atoms with Crippen molar-refractivity contribution >= 4 is 11.8 Å². The smallest absolute Gasteiger partial charge is 0.269 e. The lowest BCUT2D eigenvalue weighted by molar-refractivity contribution is -0.122. The fourth-order valence-electron chi connectivity index (χ4n) is 2.29. The van der Waals surface area contributed by atoms with Crippen LogP contribution in [-0.2, 0) is 11.3 Å². The highest BCUT2D eigenvalue weighted by Gasteiger charge is 2.09. The summed E-state index contributed by atoms with van der Waals surface area (Å²) in [6, 6.07) is 16.4. The standard InChI is InChI=1S/C20H23N3O3/c1-3-13-26-18-11-9-16(10-12-18)14-23(2)15-19(24)21-22-20(25)17-7-5-4-6-8-17/h3-12H,1,13-15H2,2H3,(H,21,24)(H,22,25). The number of likely N-dealkylation sites (N-methyl/N-ethyl adjacent to an activating group) is 1. The monoisotopic (exact) mass is 353 g/mol. The highest BCUT2D eigenvalue weighted by atomic mass is 16.5. The van der Waals surface area contributed by atoms with Gasteiger partial charge in [0, 0.05) is 12.1 Å². The minimum absolute atomic E-state index is 0.157. The van der Waals surface area contributed by atoms with Crippen molar-refractivity contribution in [2.75, 3.05) is 20.2 Å². The molecule has 0 unspecified atom stereocenters. The van der Waals surface area contributed by atoms with Crippen molar-refractivity contribution in [3.63, 3.8) is 0 Å². The van der Waals surface area contributed by atoms with Crippen LogP contribution in [0.3, 0.4) is 0 Å². The van der Waals surface area contributed by atoms with E-state index < -0.39 is 0 Å². The Morgan fingerprint density at radius 2 is 1.77 bits per heavy atom. The Bertz CT molecular complexity index is 730. The van der Waals surface area contributed by atoms with Crippen molar-refractivity contribution in [3.8, 4) is 5.75 Å². The first-order valence-electron chi connectivity index (χ1n) is 8.24. The van der Waals surface area contributed by atoms with Gasteiger partial charge in [-0.3, -0.25) is 25.3 Å². The van der Waals surface area contributed by atoms with Crippen LogP contribution in [0.1, 0.15) is 15.9 Å². The molecule has 136 valence electrons. The molecular formula is C20H23N3O3. The summed E-state index contributed by atoms with van der Waals surface area (Å²) in [5, 5.41) is 0. The number of hydrogen-bond donors (Lipinski definition) is 2. The van der Waals surface area contributed by atoms with E-state index in [4.69, 9.17) is 4.74 Å². The number of nitrogens with zero attached hydrogens (tertiary/aromatic N) is 1. The molecule has 2 aromatic rings. The zero-order valence-electron chi connectivity index (χ0n) is 14.8. The van der Waals surface area contributed by atoms with Crippen LogP contribution in [0.25, 0.3) is 0 Å². The first-order chi connectivity index (χ1) is 12.6. The minimum Gasteiger partial charge on any atom is -0.490 e. The van der Waals surface area contributed by atoms with Crippen molar-refractivity contribution in [2.24, 2.45) is 0 Å². The Hall–Kier alpha value is -3.12. The van der Waals surface area contributed by atoms with E-state index in [0.717, 1.165) is 11.3 Å². The minimum atomic E-state index is -0.350. The summed E-state index contributed by atoms with van der Waals surface area (Å²) in [6.45, 7) is 4.83. The van der Waals surface area contributed by atoms with Gasteiger partial charge in [0.2, 0.25) is 0 Å². The molecule has 2 amide bonds. The van der Waals surface area contributed by atoms with Crippen molar-refractivity contribution in [1.82, 2.24) is 15.8 Å². The molecule has 26 heavy (non-hydrogen) atoms. The molecule has 0 saturated heterocycles. The summed E-state index contributed by atoms with van der Waals surface area (Å²) in [6.07, 6.45) is 1.69. The van der Waals surface area contributed by atoms with Crippen LogP contribution < -0.4 is 15.6 Å². The predicted octanol–water partition coefficient (Wildman–Crippen LogP) is 2.14. The van der Waals surface area contributed by atoms with Gasteiger partial charge in [-0.25, -0.2) is 0 Å². The molecule has 0 heterocycles. The second-order valence-electron chi connectivity index (χ2n) is 5.78. The number of carbonyl (C=O) groups is 2. The Labute approximate surface area is 153 Å². The molecule has 0 bridgehead atoms. The normalized spacial score (nSPS) is 10.2. The van der Waals surface area contributed by atoms with Crippen molar-refractivity contribution < 1.29 is 14.3 Å². The van der Waals surface area contributed by atoms with Gasteiger partial charge in [0.05, 0.1) is 6.54 Å². The maximum Gasteiger partial charge on any atom is 0.269 e. The number of benzene rings is 2.